The number of hydrogen-bond donors (Lipinski definition) is 3. The molecule has 0 bridgehead atoms. The van der Waals surface area contributed by atoms with Gasteiger partial charge in [0.1, 0.15) is 0 Å². The van der Waals surface area contributed by atoms with Crippen LogP contribution < -0.4 is 11.1 Å². The van der Waals surface area contributed by atoms with Gasteiger partial charge in [-0.15, -0.1) is 0 Å². The van der Waals surface area contributed by atoms with Crippen molar-refractivity contribution in [2.75, 3.05) is 25.0 Å². The predicted molar refractivity (Wildman–Crippen MR) is 147 cm³/mol. The molecule has 1 heterocycles. The van der Waals surface area contributed by atoms with Gasteiger partial charge in [-0.1, -0.05) is 66.7 Å². The third-order valence-corrected chi connectivity index (χ3v) is 8.09. The van der Waals surface area contributed by atoms with Gasteiger partial charge in [0.15, 0.2) is 0 Å². The number of rotatable bonds is 7. The maximum Gasteiger partial charge on any atom is 0.230 e. The Kier molecular flexibility index (Phi) is 8.20. The van der Waals surface area contributed by atoms with Crippen molar-refractivity contribution < 1.29 is 4.79 Å². The first kappa shape index (κ1) is 25.7. The minimum Gasteiger partial charge on any atom is -0.378 e. The molecule has 0 radical (unpaired) electrons. The Labute approximate surface area is 218 Å². The molecule has 2 aliphatic rings. The quantitative estimate of drug-likeness (QED) is 0.361. The van der Waals surface area contributed by atoms with Crippen molar-refractivity contribution in [2.45, 2.75) is 51.5 Å². The standard InChI is InChI=1S/C28H34Cl2N4O/c1-19(24-8-7-23(29)16-25(24)30)33-26-15-21(5-6-22(26)17-31)20-9-13-34(14-10-20)27(35)28(18-32)11-3-2-4-12-28/h5-9,15-17,19,31,33H,2-4,10-14,18,32H2,1H3. The SMILES string of the molecule is CC(Nc1cc(C2=CCN(C(=O)C3(CN)CCCCC3)CC2)ccc1C=N)c1ccc(Cl)cc1Cl. The number of nitrogens with one attached hydrogen (secondary N) is 2. The smallest absolute Gasteiger partial charge is 0.230 e. The van der Waals surface area contributed by atoms with Crippen LogP contribution in [0.5, 0.6) is 0 Å². The maximum atomic E-state index is 13.4. The van der Waals surface area contributed by atoms with E-state index in [9.17, 15) is 4.79 Å². The van der Waals surface area contributed by atoms with Gasteiger partial charge in [0.05, 0.1) is 11.5 Å². The van der Waals surface area contributed by atoms with Crippen LogP contribution in [-0.4, -0.2) is 36.7 Å². The molecular formula is C28H34Cl2N4O. The van der Waals surface area contributed by atoms with Crippen molar-refractivity contribution in [1.82, 2.24) is 4.90 Å². The summed E-state index contributed by atoms with van der Waals surface area (Å²) in [6.07, 6.45) is 9.51. The molecule has 186 valence electrons. The molecule has 1 saturated carbocycles. The molecule has 4 rings (SSSR count). The normalized spacial score (nSPS) is 18.5. The molecule has 35 heavy (non-hydrogen) atoms. The summed E-state index contributed by atoms with van der Waals surface area (Å²) in [6, 6.07) is 11.5. The van der Waals surface area contributed by atoms with Gasteiger partial charge in [-0.25, -0.2) is 0 Å². The average Bonchev–Trinajstić information content (AvgIpc) is 2.88. The number of amides is 1. The molecular weight excluding hydrogens is 479 g/mol. The van der Waals surface area contributed by atoms with Crippen molar-refractivity contribution in [2.24, 2.45) is 11.1 Å². The van der Waals surface area contributed by atoms with E-state index in [0.717, 1.165) is 54.5 Å². The zero-order valence-electron chi connectivity index (χ0n) is 20.2. The monoisotopic (exact) mass is 512 g/mol. The summed E-state index contributed by atoms with van der Waals surface area (Å²) in [7, 11) is 0. The van der Waals surface area contributed by atoms with Crippen molar-refractivity contribution in [1.29, 1.82) is 5.41 Å². The Bertz CT molecular complexity index is 1120. The molecule has 4 N–H and O–H groups in total. The lowest BCUT2D eigenvalue weighted by molar-refractivity contribution is -0.143. The summed E-state index contributed by atoms with van der Waals surface area (Å²) >= 11 is 12.5. The summed E-state index contributed by atoms with van der Waals surface area (Å²) in [5.74, 6) is 0.227. The lowest BCUT2D eigenvalue weighted by Crippen LogP contribution is -2.50. The van der Waals surface area contributed by atoms with Gasteiger partial charge in [-0.2, -0.15) is 0 Å². The Hall–Kier alpha value is -2.34. The predicted octanol–water partition coefficient (Wildman–Crippen LogP) is 6.69. The van der Waals surface area contributed by atoms with E-state index < -0.39 is 0 Å². The highest BCUT2D eigenvalue weighted by molar-refractivity contribution is 6.35. The highest BCUT2D eigenvalue weighted by Gasteiger charge is 2.41. The fourth-order valence-electron chi connectivity index (χ4n) is 5.36. The van der Waals surface area contributed by atoms with E-state index >= 15 is 0 Å². The summed E-state index contributed by atoms with van der Waals surface area (Å²) in [6.45, 7) is 3.80. The second-order valence-electron chi connectivity index (χ2n) is 9.75. The molecule has 1 fully saturated rings. The van der Waals surface area contributed by atoms with Crippen LogP contribution in [0, 0.1) is 10.8 Å². The summed E-state index contributed by atoms with van der Waals surface area (Å²) in [5.41, 5.74) is 10.7. The van der Waals surface area contributed by atoms with Crippen LogP contribution in [0.15, 0.2) is 42.5 Å². The van der Waals surface area contributed by atoms with Gasteiger partial charge in [-0.3, -0.25) is 4.79 Å². The molecule has 7 heteroatoms. The number of halogens is 2. The second kappa shape index (κ2) is 11.2. The first-order chi connectivity index (χ1) is 16.9. The van der Waals surface area contributed by atoms with Crippen LogP contribution in [0.2, 0.25) is 10.0 Å². The van der Waals surface area contributed by atoms with Gasteiger partial charge >= 0.3 is 0 Å². The summed E-state index contributed by atoms with van der Waals surface area (Å²) in [5, 5.41) is 12.6. The number of nitrogens with zero attached hydrogens (tertiary/aromatic N) is 1. The number of hydrogen-bond acceptors (Lipinski definition) is 4. The van der Waals surface area contributed by atoms with Crippen molar-refractivity contribution in [3.05, 3.63) is 69.2 Å². The van der Waals surface area contributed by atoms with Gasteiger partial charge in [0, 0.05) is 47.1 Å². The second-order valence-corrected chi connectivity index (χ2v) is 10.6. The molecule has 1 amide bonds. The van der Waals surface area contributed by atoms with Gasteiger partial charge in [0.2, 0.25) is 5.91 Å². The zero-order chi connectivity index (χ0) is 25.0. The molecule has 0 spiro atoms. The third-order valence-electron chi connectivity index (χ3n) is 7.53. The fourth-order valence-corrected chi connectivity index (χ4v) is 5.93. The van der Waals surface area contributed by atoms with Crippen LogP contribution in [0.3, 0.4) is 0 Å². The lowest BCUT2D eigenvalue weighted by Gasteiger charge is -2.40. The van der Waals surface area contributed by atoms with Crippen LogP contribution in [0.4, 0.5) is 5.69 Å². The van der Waals surface area contributed by atoms with Crippen LogP contribution in [0.1, 0.15) is 68.2 Å². The summed E-state index contributed by atoms with van der Waals surface area (Å²) < 4.78 is 0. The molecule has 1 aliphatic carbocycles. The number of benzene rings is 2. The van der Waals surface area contributed by atoms with Gasteiger partial charge < -0.3 is 21.4 Å². The highest BCUT2D eigenvalue weighted by Crippen LogP contribution is 2.38. The Morgan fingerprint density at radius 1 is 1.20 bits per heavy atom. The lowest BCUT2D eigenvalue weighted by atomic mass is 9.73. The number of carbonyl (C=O) groups is 1. The van der Waals surface area contributed by atoms with Crippen molar-refractivity contribution in [3.8, 4) is 0 Å². The fraction of sp³-hybridized carbons (Fsp3) is 0.429. The zero-order valence-corrected chi connectivity index (χ0v) is 21.8. The van der Waals surface area contributed by atoms with E-state index in [-0.39, 0.29) is 17.4 Å². The Morgan fingerprint density at radius 3 is 2.60 bits per heavy atom. The maximum absolute atomic E-state index is 13.4. The van der Waals surface area contributed by atoms with E-state index in [1.807, 2.05) is 30.0 Å². The molecule has 1 unspecified atom stereocenters. The first-order valence-corrected chi connectivity index (χ1v) is 13.2. The van der Waals surface area contributed by atoms with E-state index in [0.29, 0.717) is 29.7 Å². The molecule has 1 aliphatic heterocycles. The molecule has 0 aromatic heterocycles. The minimum absolute atomic E-state index is 0.0647. The third kappa shape index (κ3) is 5.58. The topological polar surface area (TPSA) is 82.2 Å². The van der Waals surface area contributed by atoms with Crippen LogP contribution in [-0.2, 0) is 4.79 Å². The van der Waals surface area contributed by atoms with Crippen LogP contribution >= 0.6 is 23.2 Å². The molecule has 2 aromatic rings. The average molecular weight is 514 g/mol. The molecule has 5 nitrogen and oxygen atoms in total. The van der Waals surface area contributed by atoms with E-state index in [1.54, 1.807) is 6.07 Å². The van der Waals surface area contributed by atoms with Crippen LogP contribution in [0.25, 0.3) is 5.57 Å². The van der Waals surface area contributed by atoms with E-state index in [1.165, 1.54) is 18.2 Å². The van der Waals surface area contributed by atoms with Crippen molar-refractivity contribution >= 4 is 46.6 Å². The van der Waals surface area contributed by atoms with E-state index in [2.05, 4.69) is 23.5 Å². The number of anilines is 1. The van der Waals surface area contributed by atoms with Crippen molar-refractivity contribution in [3.63, 3.8) is 0 Å². The molecule has 1 atom stereocenters. The number of nitrogens with two attached hydrogens (primary N) is 1. The minimum atomic E-state index is -0.370. The molecule has 0 saturated heterocycles. The largest absolute Gasteiger partial charge is 0.378 e. The Morgan fingerprint density at radius 2 is 1.97 bits per heavy atom. The van der Waals surface area contributed by atoms with Gasteiger partial charge in [-0.05, 0) is 61.1 Å². The summed E-state index contributed by atoms with van der Waals surface area (Å²) in [4.78, 5) is 15.3. The van der Waals surface area contributed by atoms with E-state index in [4.69, 9.17) is 34.3 Å². The Balaban J connectivity index is 1.51. The number of carbonyl (C=O) groups excluding carboxylic acids is 1. The molecule has 2 aromatic carbocycles. The van der Waals surface area contributed by atoms with Gasteiger partial charge in [0.25, 0.3) is 0 Å². The first-order valence-electron chi connectivity index (χ1n) is 12.4. The highest BCUT2D eigenvalue weighted by atomic mass is 35.5.